The predicted octanol–water partition coefficient (Wildman–Crippen LogP) is 0.566. The number of nitrogens with one attached hydrogen (secondary N) is 3. The highest BCUT2D eigenvalue weighted by Crippen LogP contribution is 2.10. The molecule has 0 radical (unpaired) electrons. The zero-order chi connectivity index (χ0) is 19.4. The number of carbonyl (C=O) groups is 1. The molecule has 1 aromatic heterocycles. The summed E-state index contributed by atoms with van der Waals surface area (Å²) in [6, 6.07) is 14.2. The first-order chi connectivity index (χ1) is 13.0. The van der Waals surface area contributed by atoms with Gasteiger partial charge in [-0.05, 0) is 43.3 Å². The van der Waals surface area contributed by atoms with Crippen LogP contribution >= 0.6 is 0 Å². The number of benzene rings is 2. The first kappa shape index (κ1) is 18.1. The van der Waals surface area contributed by atoms with E-state index in [9.17, 15) is 9.59 Å². The molecule has 3 N–H and O–H groups in total. The molecule has 0 atom stereocenters. The smallest absolute Gasteiger partial charge is 0.280 e. The highest BCUT2D eigenvalue weighted by atomic mass is 16.5. The minimum Gasteiger partial charge on any atom is -0.497 e. The largest absolute Gasteiger partial charge is 0.497 e. The first-order valence-electron chi connectivity index (χ1n) is 8.27. The third kappa shape index (κ3) is 3.92. The summed E-state index contributed by atoms with van der Waals surface area (Å²) in [6.45, 7) is 5.82. The summed E-state index contributed by atoms with van der Waals surface area (Å²) in [5, 5.41) is 3.69. The molecule has 0 saturated heterocycles. The number of H-pyrrole nitrogens is 1. The van der Waals surface area contributed by atoms with E-state index in [2.05, 4.69) is 22.5 Å². The third-order valence-corrected chi connectivity index (χ3v) is 4.05. The van der Waals surface area contributed by atoms with Crippen molar-refractivity contribution >= 4 is 18.7 Å². The van der Waals surface area contributed by atoms with E-state index < -0.39 is 0 Å². The third-order valence-electron chi connectivity index (χ3n) is 4.05. The summed E-state index contributed by atoms with van der Waals surface area (Å²) in [5.41, 5.74) is 7.17. The van der Waals surface area contributed by atoms with Gasteiger partial charge in [-0.15, -0.1) is 0 Å². The fraction of sp³-hybridized carbons (Fsp3) is 0.100. The lowest BCUT2D eigenvalue weighted by Crippen LogP contribution is -2.40. The Morgan fingerprint density at radius 1 is 1.15 bits per heavy atom. The van der Waals surface area contributed by atoms with E-state index in [0.717, 1.165) is 5.56 Å². The van der Waals surface area contributed by atoms with E-state index in [1.165, 1.54) is 10.9 Å². The van der Waals surface area contributed by atoms with Crippen LogP contribution in [0.25, 0.3) is 18.5 Å². The SMILES string of the molecule is C=c1[nH]n(-c2ccc(C)cc2)c(=O)/c1=C\NNC(=O)c1ccc(OC)cc1. The molecule has 3 rings (SSSR count). The van der Waals surface area contributed by atoms with Crippen LogP contribution in [0.3, 0.4) is 0 Å². The van der Waals surface area contributed by atoms with E-state index in [0.29, 0.717) is 27.6 Å². The topological polar surface area (TPSA) is 88.2 Å². The van der Waals surface area contributed by atoms with Gasteiger partial charge in [0.1, 0.15) is 5.75 Å². The zero-order valence-corrected chi connectivity index (χ0v) is 15.1. The van der Waals surface area contributed by atoms with Crippen LogP contribution in [0, 0.1) is 6.92 Å². The number of hydrogen-bond acceptors (Lipinski definition) is 4. The van der Waals surface area contributed by atoms with E-state index >= 15 is 0 Å². The lowest BCUT2D eigenvalue weighted by atomic mass is 10.2. The van der Waals surface area contributed by atoms with Crippen molar-refractivity contribution in [2.45, 2.75) is 6.92 Å². The van der Waals surface area contributed by atoms with E-state index in [-0.39, 0.29) is 11.5 Å². The molecule has 0 saturated carbocycles. The molecule has 0 aliphatic rings. The van der Waals surface area contributed by atoms with Crippen LogP contribution in [0.15, 0.2) is 53.3 Å². The summed E-state index contributed by atoms with van der Waals surface area (Å²) in [5.74, 6) is 0.325. The molecule has 0 aliphatic carbocycles. The van der Waals surface area contributed by atoms with Crippen LogP contribution in [0.5, 0.6) is 5.75 Å². The van der Waals surface area contributed by atoms with Crippen LogP contribution in [0.4, 0.5) is 0 Å². The number of hydrazine groups is 1. The fourth-order valence-corrected chi connectivity index (χ4v) is 2.51. The van der Waals surface area contributed by atoms with Crippen molar-refractivity contribution in [2.75, 3.05) is 7.11 Å². The molecule has 27 heavy (non-hydrogen) atoms. The summed E-state index contributed by atoms with van der Waals surface area (Å²) in [6.07, 6.45) is 1.41. The van der Waals surface area contributed by atoms with Crippen LogP contribution in [0.2, 0.25) is 0 Å². The van der Waals surface area contributed by atoms with Gasteiger partial charge in [0.2, 0.25) is 0 Å². The van der Waals surface area contributed by atoms with Gasteiger partial charge < -0.3 is 10.2 Å². The molecule has 1 amide bonds. The zero-order valence-electron chi connectivity index (χ0n) is 15.1. The first-order valence-corrected chi connectivity index (χ1v) is 8.27. The number of ether oxygens (including phenoxy) is 1. The lowest BCUT2D eigenvalue weighted by Gasteiger charge is -2.05. The van der Waals surface area contributed by atoms with Crippen LogP contribution < -0.4 is 31.7 Å². The quantitative estimate of drug-likeness (QED) is 0.578. The maximum Gasteiger partial charge on any atom is 0.280 e. The summed E-state index contributed by atoms with van der Waals surface area (Å²) in [4.78, 5) is 24.7. The number of methoxy groups -OCH3 is 1. The molecule has 3 aromatic rings. The number of hydrogen-bond donors (Lipinski definition) is 3. The lowest BCUT2D eigenvalue weighted by molar-refractivity contribution is 0.0943. The molecular formula is C20H20N4O3. The molecule has 0 spiro atoms. The number of carbonyl (C=O) groups excluding carboxylic acids is 1. The molecule has 0 bridgehead atoms. The van der Waals surface area contributed by atoms with Gasteiger partial charge in [-0.1, -0.05) is 24.3 Å². The second-order valence-corrected chi connectivity index (χ2v) is 5.95. The molecule has 138 valence electrons. The molecule has 0 aliphatic heterocycles. The Hall–Kier alpha value is -3.74. The van der Waals surface area contributed by atoms with Crippen LogP contribution in [-0.2, 0) is 0 Å². The van der Waals surface area contributed by atoms with Crippen LogP contribution in [0.1, 0.15) is 15.9 Å². The van der Waals surface area contributed by atoms with Gasteiger partial charge in [0.05, 0.1) is 23.4 Å². The van der Waals surface area contributed by atoms with Gasteiger partial charge in [-0.25, -0.2) is 4.68 Å². The van der Waals surface area contributed by atoms with Crippen molar-refractivity contribution < 1.29 is 9.53 Å². The van der Waals surface area contributed by atoms with Gasteiger partial charge in [0.25, 0.3) is 11.5 Å². The van der Waals surface area contributed by atoms with Crippen molar-refractivity contribution in [3.63, 3.8) is 0 Å². The number of nitrogens with zero attached hydrogens (tertiary/aromatic N) is 1. The molecular weight excluding hydrogens is 344 g/mol. The monoisotopic (exact) mass is 364 g/mol. The number of aromatic amines is 1. The van der Waals surface area contributed by atoms with Crippen molar-refractivity contribution in [3.8, 4) is 11.4 Å². The highest BCUT2D eigenvalue weighted by molar-refractivity contribution is 5.94. The van der Waals surface area contributed by atoms with Crippen molar-refractivity contribution in [3.05, 3.63) is 80.6 Å². The molecule has 0 unspecified atom stereocenters. The van der Waals surface area contributed by atoms with Gasteiger partial charge in [-0.2, -0.15) is 0 Å². The van der Waals surface area contributed by atoms with Gasteiger partial charge in [0, 0.05) is 11.8 Å². The van der Waals surface area contributed by atoms with Crippen molar-refractivity contribution in [2.24, 2.45) is 0 Å². The van der Waals surface area contributed by atoms with Gasteiger partial charge >= 0.3 is 0 Å². The Bertz CT molecular complexity index is 1110. The molecule has 7 heteroatoms. The number of aromatic nitrogens is 2. The van der Waals surface area contributed by atoms with E-state index in [1.54, 1.807) is 31.4 Å². The molecule has 0 fully saturated rings. The summed E-state index contributed by atoms with van der Waals surface area (Å²) < 4.78 is 6.46. The van der Waals surface area contributed by atoms with Gasteiger partial charge in [0.15, 0.2) is 0 Å². The van der Waals surface area contributed by atoms with Crippen LogP contribution in [-0.4, -0.2) is 22.8 Å². The van der Waals surface area contributed by atoms with Crippen molar-refractivity contribution in [1.29, 1.82) is 0 Å². The summed E-state index contributed by atoms with van der Waals surface area (Å²) in [7, 11) is 1.56. The average Bonchev–Trinajstić information content (AvgIpc) is 2.96. The average molecular weight is 364 g/mol. The Balaban J connectivity index is 1.77. The van der Waals surface area contributed by atoms with E-state index in [4.69, 9.17) is 4.74 Å². The minimum absolute atomic E-state index is 0.268. The highest BCUT2D eigenvalue weighted by Gasteiger charge is 2.06. The normalized spacial score (nSPS) is 11.3. The second-order valence-electron chi connectivity index (χ2n) is 5.95. The minimum atomic E-state index is -0.339. The Labute approximate surface area is 155 Å². The Kier molecular flexibility index (Phi) is 5.12. The predicted molar refractivity (Wildman–Crippen MR) is 104 cm³/mol. The second kappa shape index (κ2) is 7.65. The summed E-state index contributed by atoms with van der Waals surface area (Å²) >= 11 is 0. The Morgan fingerprint density at radius 3 is 2.44 bits per heavy atom. The number of amides is 1. The maximum atomic E-state index is 12.6. The molecule has 2 aromatic carbocycles. The number of aryl methyl sites for hydroxylation is 1. The molecule has 7 nitrogen and oxygen atoms in total. The molecule has 1 heterocycles. The van der Waals surface area contributed by atoms with E-state index in [1.807, 2.05) is 31.2 Å². The number of rotatable bonds is 5. The fourth-order valence-electron chi connectivity index (χ4n) is 2.51. The van der Waals surface area contributed by atoms with Crippen molar-refractivity contribution in [1.82, 2.24) is 20.6 Å². The van der Waals surface area contributed by atoms with Gasteiger partial charge in [-0.3, -0.25) is 20.1 Å². The standard InChI is InChI=1S/C20H20N4O3/c1-13-4-8-16(9-5-13)24-20(26)18(14(2)23-24)12-21-22-19(25)15-6-10-17(27-3)11-7-15/h4-12,21,23H,2H2,1,3H3,(H,22,25)/b18-12-. The maximum absolute atomic E-state index is 12.6. The Morgan fingerprint density at radius 2 is 1.81 bits per heavy atom.